The largest absolute Gasteiger partial charge is 0.480 e. The van der Waals surface area contributed by atoms with Crippen molar-refractivity contribution in [2.45, 2.75) is 58.8 Å². The molecule has 0 saturated heterocycles. The minimum absolute atomic E-state index is 0.00824. The highest BCUT2D eigenvalue weighted by Gasteiger charge is 2.34. The fraction of sp³-hybridized carbons (Fsp3) is 0.600. The Labute approximate surface area is 139 Å². The fourth-order valence-corrected chi connectivity index (χ4v) is 3.59. The van der Waals surface area contributed by atoms with Crippen molar-refractivity contribution >= 4 is 17.3 Å². The van der Waals surface area contributed by atoms with E-state index >= 15 is 0 Å². The van der Waals surface area contributed by atoms with Crippen molar-refractivity contribution in [2.24, 2.45) is 0 Å². The van der Waals surface area contributed by atoms with Crippen LogP contribution in [0.4, 0.5) is 0 Å². The molecule has 2 aromatic heterocycles. The van der Waals surface area contributed by atoms with Crippen LogP contribution in [0.5, 0.6) is 0 Å². The molecule has 0 amide bonds. The lowest BCUT2D eigenvalue weighted by molar-refractivity contribution is -0.145. The molecule has 23 heavy (non-hydrogen) atoms. The first-order valence-electron chi connectivity index (χ1n) is 7.56. The van der Waals surface area contributed by atoms with Gasteiger partial charge in [0.1, 0.15) is 17.7 Å². The Balaban J connectivity index is 1.83. The van der Waals surface area contributed by atoms with Crippen molar-refractivity contribution in [3.05, 3.63) is 27.7 Å². The molecule has 1 aliphatic heterocycles. The molecular weight excluding hydrogens is 314 g/mol. The van der Waals surface area contributed by atoms with Crippen LogP contribution in [0.25, 0.3) is 0 Å². The van der Waals surface area contributed by atoms with Crippen LogP contribution >= 0.6 is 11.3 Å². The van der Waals surface area contributed by atoms with Crippen LogP contribution in [0.2, 0.25) is 0 Å². The number of aromatic nitrogens is 4. The average molecular weight is 335 g/mol. The Kier molecular flexibility index (Phi) is 3.97. The van der Waals surface area contributed by atoms with Crippen LogP contribution in [0.3, 0.4) is 0 Å². The Hall–Kier alpha value is -1.80. The fourth-order valence-electron chi connectivity index (χ4n) is 2.69. The second kappa shape index (κ2) is 5.68. The predicted octanol–water partition coefficient (Wildman–Crippen LogP) is 1.81. The summed E-state index contributed by atoms with van der Waals surface area (Å²) in [6, 6.07) is -0.586. The molecule has 124 valence electrons. The van der Waals surface area contributed by atoms with E-state index in [1.54, 1.807) is 11.3 Å². The van der Waals surface area contributed by atoms with E-state index in [9.17, 15) is 9.90 Å². The summed E-state index contributed by atoms with van der Waals surface area (Å²) in [4.78, 5) is 18.2. The first kappa shape index (κ1) is 16.1. The zero-order chi connectivity index (χ0) is 16.8. The lowest BCUT2D eigenvalue weighted by atomic mass is 9.98. The van der Waals surface area contributed by atoms with E-state index in [-0.39, 0.29) is 5.41 Å². The second-order valence-electron chi connectivity index (χ2n) is 6.93. The molecule has 1 unspecified atom stereocenters. The molecule has 0 radical (unpaired) electrons. The molecule has 1 N–H and O–H groups in total. The number of fused-ring (bicyclic) bond motifs is 1. The number of nitrogens with zero attached hydrogens (tertiary/aromatic N) is 5. The highest BCUT2D eigenvalue weighted by Crippen LogP contribution is 2.27. The molecule has 0 aliphatic carbocycles. The number of carbonyl (C=O) groups is 1. The smallest absolute Gasteiger partial charge is 0.322 e. The minimum Gasteiger partial charge on any atom is -0.480 e. The summed E-state index contributed by atoms with van der Waals surface area (Å²) in [6.45, 7) is 9.59. The Morgan fingerprint density at radius 1 is 1.43 bits per heavy atom. The number of carboxylic acid groups (broad SMARTS) is 1. The molecule has 3 rings (SSSR count). The van der Waals surface area contributed by atoms with E-state index in [0.29, 0.717) is 19.6 Å². The van der Waals surface area contributed by atoms with Crippen molar-refractivity contribution in [1.82, 2.24) is 24.6 Å². The van der Waals surface area contributed by atoms with Crippen molar-refractivity contribution < 1.29 is 9.90 Å². The van der Waals surface area contributed by atoms with Gasteiger partial charge in [-0.05, 0) is 6.92 Å². The first-order valence-corrected chi connectivity index (χ1v) is 8.44. The van der Waals surface area contributed by atoms with Crippen LogP contribution in [0.1, 0.15) is 43.1 Å². The number of aliphatic carboxylic acids is 1. The standard InChI is InChI=1S/C15H21N5O2S/c1-9-17-18-12-7-19(11(13(21)22)6-20(9)12)5-10-8-23-14(16-10)15(2,3)4/h8,11H,5-7H2,1-4H3,(H,21,22). The van der Waals surface area contributed by atoms with Gasteiger partial charge in [0.15, 0.2) is 0 Å². The van der Waals surface area contributed by atoms with Crippen molar-refractivity contribution in [3.63, 3.8) is 0 Å². The van der Waals surface area contributed by atoms with Gasteiger partial charge in [-0.25, -0.2) is 4.98 Å². The molecule has 8 heteroatoms. The number of rotatable bonds is 3. The zero-order valence-corrected chi connectivity index (χ0v) is 14.6. The summed E-state index contributed by atoms with van der Waals surface area (Å²) in [5.41, 5.74) is 0.921. The Morgan fingerprint density at radius 3 is 2.78 bits per heavy atom. The van der Waals surface area contributed by atoms with Crippen LogP contribution < -0.4 is 0 Å². The number of aryl methyl sites for hydroxylation is 1. The molecule has 1 aliphatic rings. The van der Waals surface area contributed by atoms with Crippen LogP contribution in [0.15, 0.2) is 5.38 Å². The lowest BCUT2D eigenvalue weighted by Gasteiger charge is -2.32. The zero-order valence-electron chi connectivity index (χ0n) is 13.8. The summed E-state index contributed by atoms with van der Waals surface area (Å²) in [6.07, 6.45) is 0. The average Bonchev–Trinajstić information content (AvgIpc) is 3.05. The normalized spacial score (nSPS) is 18.9. The van der Waals surface area contributed by atoms with Gasteiger partial charge in [0.2, 0.25) is 0 Å². The molecule has 1 atom stereocenters. The lowest BCUT2D eigenvalue weighted by Crippen LogP contribution is -2.47. The van der Waals surface area contributed by atoms with Gasteiger partial charge in [0.05, 0.1) is 23.8 Å². The van der Waals surface area contributed by atoms with Gasteiger partial charge >= 0.3 is 5.97 Å². The van der Waals surface area contributed by atoms with E-state index in [1.807, 2.05) is 21.8 Å². The molecule has 0 bridgehead atoms. The summed E-state index contributed by atoms with van der Waals surface area (Å²) in [5, 5.41) is 20.8. The highest BCUT2D eigenvalue weighted by molar-refractivity contribution is 7.09. The molecule has 0 spiro atoms. The van der Waals surface area contributed by atoms with Gasteiger partial charge in [-0.2, -0.15) is 0 Å². The maximum absolute atomic E-state index is 11.6. The highest BCUT2D eigenvalue weighted by atomic mass is 32.1. The number of thiazole rings is 1. The third kappa shape index (κ3) is 3.13. The van der Waals surface area contributed by atoms with E-state index in [4.69, 9.17) is 0 Å². The van der Waals surface area contributed by atoms with Crippen LogP contribution in [-0.2, 0) is 29.8 Å². The van der Waals surface area contributed by atoms with Crippen LogP contribution in [0, 0.1) is 6.92 Å². The van der Waals surface area contributed by atoms with E-state index in [0.717, 1.165) is 22.4 Å². The van der Waals surface area contributed by atoms with E-state index < -0.39 is 12.0 Å². The van der Waals surface area contributed by atoms with Gasteiger partial charge in [-0.1, -0.05) is 20.8 Å². The minimum atomic E-state index is -0.824. The number of hydrogen-bond donors (Lipinski definition) is 1. The SMILES string of the molecule is Cc1nnc2n1CC(C(=O)O)N(Cc1csc(C(C)(C)C)n1)C2. The first-order chi connectivity index (χ1) is 10.8. The topological polar surface area (TPSA) is 84.1 Å². The Morgan fingerprint density at radius 2 is 2.17 bits per heavy atom. The van der Waals surface area contributed by atoms with Crippen LogP contribution in [-0.4, -0.2) is 41.8 Å². The monoisotopic (exact) mass is 335 g/mol. The quantitative estimate of drug-likeness (QED) is 0.921. The van der Waals surface area contributed by atoms with Gasteiger partial charge in [-0.15, -0.1) is 21.5 Å². The summed E-state index contributed by atoms with van der Waals surface area (Å²) in [5.74, 6) is 0.746. The van der Waals surface area contributed by atoms with Gasteiger partial charge in [0, 0.05) is 17.3 Å². The summed E-state index contributed by atoms with van der Waals surface area (Å²) < 4.78 is 1.89. The molecule has 0 saturated carbocycles. The van der Waals surface area contributed by atoms with Crippen molar-refractivity contribution in [2.75, 3.05) is 0 Å². The van der Waals surface area contributed by atoms with E-state index in [1.165, 1.54) is 0 Å². The van der Waals surface area contributed by atoms with Crippen molar-refractivity contribution in [3.8, 4) is 0 Å². The van der Waals surface area contributed by atoms with Gasteiger partial charge in [-0.3, -0.25) is 9.69 Å². The molecular formula is C15H21N5O2S. The maximum atomic E-state index is 11.6. The molecule has 3 heterocycles. The third-order valence-corrected chi connectivity index (χ3v) is 5.31. The molecule has 0 fully saturated rings. The maximum Gasteiger partial charge on any atom is 0.322 e. The molecule has 7 nitrogen and oxygen atoms in total. The molecule has 2 aromatic rings. The third-order valence-electron chi connectivity index (χ3n) is 4.00. The summed E-state index contributed by atoms with van der Waals surface area (Å²) >= 11 is 1.63. The molecule has 0 aromatic carbocycles. The predicted molar refractivity (Wildman–Crippen MR) is 86.2 cm³/mol. The van der Waals surface area contributed by atoms with Gasteiger partial charge < -0.3 is 9.67 Å². The number of carboxylic acids is 1. The summed E-state index contributed by atoms with van der Waals surface area (Å²) in [7, 11) is 0. The van der Waals surface area contributed by atoms with E-state index in [2.05, 4.69) is 36.0 Å². The Bertz CT molecular complexity index is 731. The number of hydrogen-bond acceptors (Lipinski definition) is 6. The van der Waals surface area contributed by atoms with Gasteiger partial charge in [0.25, 0.3) is 0 Å². The van der Waals surface area contributed by atoms with Crippen molar-refractivity contribution in [1.29, 1.82) is 0 Å². The second-order valence-corrected chi connectivity index (χ2v) is 7.79.